The number of hydrogen-bond acceptors (Lipinski definition) is 4. The van der Waals surface area contributed by atoms with E-state index in [4.69, 9.17) is 15.9 Å². The molecule has 0 spiro atoms. The summed E-state index contributed by atoms with van der Waals surface area (Å²) in [5.41, 5.74) is 5.80. The zero-order chi connectivity index (χ0) is 9.14. The van der Waals surface area contributed by atoms with Crippen LogP contribution in [0.1, 0.15) is 5.56 Å². The fourth-order valence-electron chi connectivity index (χ4n) is 0.965. The number of phenolic OH excluding ortho intramolecular Hbond substituents is 3. The van der Waals surface area contributed by atoms with Gasteiger partial charge in [0, 0.05) is 6.07 Å². The van der Waals surface area contributed by atoms with Crippen LogP contribution < -0.4 is 22.7 Å². The standard InChI is InChI=1S/C8H11NO3.BrH/c9-2-1-5-3-7(11)8(12)4-6(5)10;/h3-4,10-12H,1-2,9H2;1H/p-1. The Morgan fingerprint density at radius 2 is 1.54 bits per heavy atom. The van der Waals surface area contributed by atoms with Crippen LogP contribution in [0.4, 0.5) is 0 Å². The smallest absolute Gasteiger partial charge is 0.161 e. The van der Waals surface area contributed by atoms with Gasteiger partial charge in [-0.05, 0) is 24.6 Å². The van der Waals surface area contributed by atoms with E-state index in [0.29, 0.717) is 18.5 Å². The van der Waals surface area contributed by atoms with Gasteiger partial charge < -0.3 is 38.0 Å². The van der Waals surface area contributed by atoms with Crippen molar-refractivity contribution in [2.45, 2.75) is 6.42 Å². The molecule has 0 radical (unpaired) electrons. The molecule has 0 aliphatic rings. The lowest BCUT2D eigenvalue weighted by molar-refractivity contribution is -0.00000541. The topological polar surface area (TPSA) is 86.7 Å². The second-order valence-corrected chi connectivity index (χ2v) is 2.51. The van der Waals surface area contributed by atoms with Crippen LogP contribution in [0.25, 0.3) is 0 Å². The molecule has 1 rings (SSSR count). The van der Waals surface area contributed by atoms with Crippen LogP contribution in [0.15, 0.2) is 12.1 Å². The van der Waals surface area contributed by atoms with E-state index in [1.165, 1.54) is 6.07 Å². The quantitative estimate of drug-likeness (QED) is 0.339. The Labute approximate surface area is 86.4 Å². The van der Waals surface area contributed by atoms with E-state index in [9.17, 15) is 5.11 Å². The predicted octanol–water partition coefficient (Wildman–Crippen LogP) is -2.69. The summed E-state index contributed by atoms with van der Waals surface area (Å²) < 4.78 is 0. The molecule has 0 aromatic heterocycles. The molecule has 5 N–H and O–H groups in total. The summed E-state index contributed by atoms with van der Waals surface area (Å²) in [5, 5.41) is 27.2. The van der Waals surface area contributed by atoms with E-state index in [2.05, 4.69) is 0 Å². The molecule has 1 aromatic carbocycles. The second-order valence-electron chi connectivity index (χ2n) is 2.51. The zero-order valence-corrected chi connectivity index (χ0v) is 8.45. The van der Waals surface area contributed by atoms with Crippen molar-refractivity contribution in [3.05, 3.63) is 17.7 Å². The minimum absolute atomic E-state index is 0. The summed E-state index contributed by atoms with van der Waals surface area (Å²) in [4.78, 5) is 0. The largest absolute Gasteiger partial charge is 1.00 e. The van der Waals surface area contributed by atoms with E-state index in [1.807, 2.05) is 0 Å². The third-order valence-electron chi connectivity index (χ3n) is 1.59. The molecule has 5 heteroatoms. The van der Waals surface area contributed by atoms with Gasteiger partial charge in [-0.25, -0.2) is 0 Å². The molecule has 13 heavy (non-hydrogen) atoms. The Hall–Kier alpha value is -0.940. The van der Waals surface area contributed by atoms with Gasteiger partial charge in [-0.3, -0.25) is 0 Å². The fourth-order valence-corrected chi connectivity index (χ4v) is 0.965. The third-order valence-corrected chi connectivity index (χ3v) is 1.59. The van der Waals surface area contributed by atoms with Crippen molar-refractivity contribution in [1.29, 1.82) is 0 Å². The average Bonchev–Trinajstić information content (AvgIpc) is 2.01. The van der Waals surface area contributed by atoms with E-state index < -0.39 is 0 Å². The minimum atomic E-state index is -0.326. The molecule has 0 saturated carbocycles. The first-order valence-electron chi connectivity index (χ1n) is 3.59. The van der Waals surface area contributed by atoms with Gasteiger partial charge in [0.2, 0.25) is 0 Å². The highest BCUT2D eigenvalue weighted by molar-refractivity contribution is 5.48. The van der Waals surface area contributed by atoms with Crippen molar-refractivity contribution >= 4 is 0 Å². The predicted molar refractivity (Wildman–Crippen MR) is 44.2 cm³/mol. The molecule has 4 nitrogen and oxygen atoms in total. The van der Waals surface area contributed by atoms with Crippen molar-refractivity contribution in [2.24, 2.45) is 5.73 Å². The Bertz CT molecular complexity index is 291. The van der Waals surface area contributed by atoms with Gasteiger partial charge in [-0.2, -0.15) is 0 Å². The molecule has 1 aromatic rings. The summed E-state index contributed by atoms with van der Waals surface area (Å²) in [6.07, 6.45) is 0.472. The van der Waals surface area contributed by atoms with Crippen molar-refractivity contribution in [3.63, 3.8) is 0 Å². The van der Waals surface area contributed by atoms with Crippen molar-refractivity contribution < 1.29 is 32.3 Å². The van der Waals surface area contributed by atoms with Crippen LogP contribution in [-0.4, -0.2) is 21.9 Å². The zero-order valence-electron chi connectivity index (χ0n) is 6.87. The Balaban J connectivity index is 0.00000144. The van der Waals surface area contributed by atoms with E-state index in [1.54, 1.807) is 0 Å². The van der Waals surface area contributed by atoms with Crippen LogP contribution in [0.3, 0.4) is 0 Å². The number of aromatic hydroxyl groups is 3. The maximum Gasteiger partial charge on any atom is 0.161 e. The van der Waals surface area contributed by atoms with Crippen LogP contribution in [0.2, 0.25) is 0 Å². The summed E-state index contributed by atoms with van der Waals surface area (Å²) in [5.74, 6) is -0.611. The van der Waals surface area contributed by atoms with Crippen LogP contribution in [-0.2, 0) is 6.42 Å². The van der Waals surface area contributed by atoms with Crippen LogP contribution >= 0.6 is 0 Å². The van der Waals surface area contributed by atoms with Gasteiger partial charge >= 0.3 is 0 Å². The molecule has 74 valence electrons. The lowest BCUT2D eigenvalue weighted by Crippen LogP contribution is -3.00. The van der Waals surface area contributed by atoms with E-state index in [0.717, 1.165) is 6.07 Å². The lowest BCUT2D eigenvalue weighted by Gasteiger charge is -2.04. The maximum absolute atomic E-state index is 9.22. The van der Waals surface area contributed by atoms with Gasteiger partial charge in [0.1, 0.15) is 5.75 Å². The molecule has 0 unspecified atom stereocenters. The Morgan fingerprint density at radius 1 is 1.00 bits per heavy atom. The molecule has 0 atom stereocenters. The number of phenols is 3. The maximum atomic E-state index is 9.22. The van der Waals surface area contributed by atoms with Crippen molar-refractivity contribution in [3.8, 4) is 17.2 Å². The summed E-state index contributed by atoms with van der Waals surface area (Å²) in [6, 6.07) is 2.40. The average molecular weight is 249 g/mol. The lowest BCUT2D eigenvalue weighted by atomic mass is 10.1. The Kier molecular flexibility index (Phi) is 4.58. The number of halogens is 1. The van der Waals surface area contributed by atoms with E-state index in [-0.39, 0.29) is 34.2 Å². The molecule has 0 heterocycles. The number of benzene rings is 1. The van der Waals surface area contributed by atoms with Gasteiger partial charge in [0.25, 0.3) is 0 Å². The molecule has 0 saturated heterocycles. The SMILES string of the molecule is NCCc1cc(O)c(O)cc1O.[Br-]. The van der Waals surface area contributed by atoms with Gasteiger partial charge in [-0.15, -0.1) is 0 Å². The van der Waals surface area contributed by atoms with Crippen molar-refractivity contribution in [1.82, 2.24) is 0 Å². The highest BCUT2D eigenvalue weighted by atomic mass is 79.9. The normalized spacial score (nSPS) is 9.31. The van der Waals surface area contributed by atoms with Gasteiger partial charge in [0.05, 0.1) is 0 Å². The molecular weight excluding hydrogens is 238 g/mol. The van der Waals surface area contributed by atoms with E-state index >= 15 is 0 Å². The number of nitrogens with two attached hydrogens (primary N) is 1. The summed E-state index contributed by atoms with van der Waals surface area (Å²) >= 11 is 0. The molecule has 0 aliphatic carbocycles. The Morgan fingerprint density at radius 3 is 2.08 bits per heavy atom. The molecular formula is C8H11BrNO3-. The summed E-state index contributed by atoms with van der Waals surface area (Å²) in [6.45, 7) is 0.387. The first-order chi connectivity index (χ1) is 5.65. The van der Waals surface area contributed by atoms with Crippen molar-refractivity contribution in [2.75, 3.05) is 6.54 Å². The third kappa shape index (κ3) is 2.78. The first-order valence-corrected chi connectivity index (χ1v) is 3.59. The van der Waals surface area contributed by atoms with Gasteiger partial charge in [-0.1, -0.05) is 0 Å². The summed E-state index contributed by atoms with van der Waals surface area (Å²) in [7, 11) is 0. The fraction of sp³-hybridized carbons (Fsp3) is 0.250. The number of rotatable bonds is 2. The minimum Gasteiger partial charge on any atom is -1.00 e. The highest BCUT2D eigenvalue weighted by Gasteiger charge is 2.06. The molecule has 0 aliphatic heterocycles. The first kappa shape index (κ1) is 12.1. The molecule has 0 amide bonds. The highest BCUT2D eigenvalue weighted by Crippen LogP contribution is 2.31. The van der Waals surface area contributed by atoms with Crippen LogP contribution in [0, 0.1) is 0 Å². The van der Waals surface area contributed by atoms with Crippen LogP contribution in [0.5, 0.6) is 17.2 Å². The molecule has 0 fully saturated rings. The second kappa shape index (κ2) is 4.94. The molecule has 0 bridgehead atoms. The van der Waals surface area contributed by atoms with Gasteiger partial charge in [0.15, 0.2) is 11.5 Å². The monoisotopic (exact) mass is 248 g/mol. The number of hydrogen-bond donors (Lipinski definition) is 4.